The molecule has 0 aromatic rings. The van der Waals surface area contributed by atoms with Crippen molar-refractivity contribution in [1.82, 2.24) is 5.32 Å². The van der Waals surface area contributed by atoms with E-state index in [4.69, 9.17) is 0 Å². The maximum Gasteiger partial charge on any atom is 0.219 e. The van der Waals surface area contributed by atoms with E-state index in [9.17, 15) is 4.79 Å². The molecule has 1 N–H and O–H groups in total. The molecule has 0 aromatic carbocycles. The van der Waals surface area contributed by atoms with Gasteiger partial charge in [0.1, 0.15) is 0 Å². The minimum Gasteiger partial charge on any atom is -0.359 e. The van der Waals surface area contributed by atoms with Gasteiger partial charge in [0, 0.05) is 13.5 Å². The summed E-state index contributed by atoms with van der Waals surface area (Å²) in [5.74, 6) is 0.593. The Morgan fingerprint density at radius 1 is 1.17 bits per heavy atom. The van der Waals surface area contributed by atoms with Crippen molar-refractivity contribution in [3.8, 4) is 0 Å². The molecular formula is C10H25NO. The van der Waals surface area contributed by atoms with Crippen LogP contribution in [0.5, 0.6) is 0 Å². The topological polar surface area (TPSA) is 29.1 Å². The Morgan fingerprint density at radius 3 is 1.58 bits per heavy atom. The highest BCUT2D eigenvalue weighted by Gasteiger charge is 1.99. The maximum atomic E-state index is 10.5. The highest BCUT2D eigenvalue weighted by Crippen LogP contribution is 1.96. The molecule has 2 nitrogen and oxygen atoms in total. The molecule has 0 spiro atoms. The molecule has 12 heavy (non-hydrogen) atoms. The molecular weight excluding hydrogens is 150 g/mol. The lowest BCUT2D eigenvalue weighted by atomic mass is 10.1. The molecule has 76 valence electrons. The van der Waals surface area contributed by atoms with Gasteiger partial charge in [0.2, 0.25) is 5.91 Å². The third-order valence-electron chi connectivity index (χ3n) is 0.872. The zero-order valence-electron chi connectivity index (χ0n) is 9.69. The molecule has 0 saturated carbocycles. The lowest BCUT2D eigenvalue weighted by Gasteiger charge is -2.00. The first kappa shape index (κ1) is 17.5. The summed E-state index contributed by atoms with van der Waals surface area (Å²) >= 11 is 0. The monoisotopic (exact) mass is 175 g/mol. The number of carbonyl (C=O) groups excluding carboxylic acids is 1. The average Bonchev–Trinajstić information content (AvgIpc) is 2.10. The second-order valence-corrected chi connectivity index (χ2v) is 2.27. The molecule has 2 heteroatoms. The Balaban J connectivity index is -0.000000175. The summed E-state index contributed by atoms with van der Waals surface area (Å²) in [6.07, 6.45) is 0.635. The smallest absolute Gasteiger partial charge is 0.219 e. The molecule has 0 rings (SSSR count). The highest BCUT2D eigenvalue weighted by molar-refractivity contribution is 5.75. The molecule has 0 unspecified atom stereocenters. The molecule has 0 aromatic heterocycles. The SMILES string of the molecule is CC.CC.CNC(=O)CC(C)C. The first-order valence-corrected chi connectivity index (χ1v) is 4.87. The molecule has 0 atom stereocenters. The Kier molecular flexibility index (Phi) is 24.6. The van der Waals surface area contributed by atoms with Gasteiger partial charge in [-0.05, 0) is 5.92 Å². The Hall–Kier alpha value is -0.530. The van der Waals surface area contributed by atoms with Crippen LogP contribution < -0.4 is 5.32 Å². The van der Waals surface area contributed by atoms with Gasteiger partial charge in [0.05, 0.1) is 0 Å². The van der Waals surface area contributed by atoms with Crippen LogP contribution in [0.25, 0.3) is 0 Å². The largest absolute Gasteiger partial charge is 0.359 e. The minimum atomic E-state index is 0.125. The minimum absolute atomic E-state index is 0.125. The average molecular weight is 175 g/mol. The third-order valence-corrected chi connectivity index (χ3v) is 0.872. The number of nitrogens with one attached hydrogen (secondary N) is 1. The van der Waals surface area contributed by atoms with Gasteiger partial charge in [-0.3, -0.25) is 4.79 Å². The van der Waals surface area contributed by atoms with Crippen molar-refractivity contribution in [1.29, 1.82) is 0 Å². The molecule has 0 aliphatic carbocycles. The molecule has 0 aliphatic rings. The highest BCUT2D eigenvalue weighted by atomic mass is 16.1. The molecule has 0 aliphatic heterocycles. The summed E-state index contributed by atoms with van der Waals surface area (Å²) in [5, 5.41) is 2.56. The van der Waals surface area contributed by atoms with E-state index in [1.54, 1.807) is 7.05 Å². The summed E-state index contributed by atoms with van der Waals surface area (Å²) in [6.45, 7) is 12.0. The van der Waals surface area contributed by atoms with Crippen LogP contribution in [0.2, 0.25) is 0 Å². The van der Waals surface area contributed by atoms with E-state index < -0.39 is 0 Å². The quantitative estimate of drug-likeness (QED) is 0.687. The maximum absolute atomic E-state index is 10.5. The first-order valence-electron chi connectivity index (χ1n) is 4.87. The van der Waals surface area contributed by atoms with Crippen molar-refractivity contribution in [2.45, 2.75) is 48.0 Å². The molecule has 0 bridgehead atoms. The third kappa shape index (κ3) is 22.7. The van der Waals surface area contributed by atoms with E-state index in [1.165, 1.54) is 0 Å². The van der Waals surface area contributed by atoms with Gasteiger partial charge in [0.25, 0.3) is 0 Å². The lowest BCUT2D eigenvalue weighted by Crippen LogP contribution is -2.19. The van der Waals surface area contributed by atoms with E-state index >= 15 is 0 Å². The predicted octanol–water partition coefficient (Wildman–Crippen LogP) is 2.83. The van der Waals surface area contributed by atoms with Gasteiger partial charge in [-0.2, -0.15) is 0 Å². The van der Waals surface area contributed by atoms with Crippen LogP contribution in [0.4, 0.5) is 0 Å². The van der Waals surface area contributed by atoms with E-state index in [-0.39, 0.29) is 5.91 Å². The first-order chi connectivity index (χ1) is 5.66. The molecule has 0 heterocycles. The summed E-state index contributed by atoms with van der Waals surface area (Å²) in [5.41, 5.74) is 0. The van der Waals surface area contributed by atoms with Crippen LogP contribution in [-0.4, -0.2) is 13.0 Å². The van der Waals surface area contributed by atoms with E-state index in [0.717, 1.165) is 0 Å². The van der Waals surface area contributed by atoms with Gasteiger partial charge in [-0.15, -0.1) is 0 Å². The van der Waals surface area contributed by atoms with Gasteiger partial charge in [0.15, 0.2) is 0 Å². The van der Waals surface area contributed by atoms with Gasteiger partial charge in [-0.1, -0.05) is 41.5 Å². The number of amides is 1. The van der Waals surface area contributed by atoms with Crippen LogP contribution in [0.15, 0.2) is 0 Å². The summed E-state index contributed by atoms with van der Waals surface area (Å²) in [7, 11) is 1.66. The van der Waals surface area contributed by atoms with E-state index in [1.807, 2.05) is 41.5 Å². The number of hydrogen-bond acceptors (Lipinski definition) is 1. The molecule has 1 amide bonds. The summed E-state index contributed by atoms with van der Waals surface area (Å²) in [6, 6.07) is 0. The van der Waals surface area contributed by atoms with Crippen LogP contribution in [-0.2, 0) is 4.79 Å². The fourth-order valence-electron chi connectivity index (χ4n) is 0.473. The Labute approximate surface area is 77.7 Å². The van der Waals surface area contributed by atoms with Crippen molar-refractivity contribution in [2.24, 2.45) is 5.92 Å². The second-order valence-electron chi connectivity index (χ2n) is 2.27. The zero-order valence-corrected chi connectivity index (χ0v) is 9.69. The summed E-state index contributed by atoms with van der Waals surface area (Å²) in [4.78, 5) is 10.5. The van der Waals surface area contributed by atoms with Gasteiger partial charge < -0.3 is 5.32 Å². The van der Waals surface area contributed by atoms with Crippen molar-refractivity contribution in [3.05, 3.63) is 0 Å². The van der Waals surface area contributed by atoms with Crippen molar-refractivity contribution in [3.63, 3.8) is 0 Å². The predicted molar refractivity (Wildman–Crippen MR) is 56.2 cm³/mol. The Morgan fingerprint density at radius 2 is 1.50 bits per heavy atom. The zero-order chi connectivity index (χ0) is 10.6. The van der Waals surface area contributed by atoms with Crippen LogP contribution >= 0.6 is 0 Å². The fourth-order valence-corrected chi connectivity index (χ4v) is 0.473. The van der Waals surface area contributed by atoms with Crippen molar-refractivity contribution in [2.75, 3.05) is 7.05 Å². The standard InChI is InChI=1S/C6H13NO.2C2H6/c1-5(2)4-6(8)7-3;2*1-2/h5H,4H2,1-3H3,(H,7,8);2*1-2H3. The molecule has 0 radical (unpaired) electrons. The van der Waals surface area contributed by atoms with E-state index in [0.29, 0.717) is 12.3 Å². The summed E-state index contributed by atoms with van der Waals surface area (Å²) < 4.78 is 0. The van der Waals surface area contributed by atoms with Crippen molar-refractivity contribution < 1.29 is 4.79 Å². The number of hydrogen-bond donors (Lipinski definition) is 1. The second kappa shape index (κ2) is 16.8. The van der Waals surface area contributed by atoms with Gasteiger partial charge in [-0.25, -0.2) is 0 Å². The number of carbonyl (C=O) groups is 1. The van der Waals surface area contributed by atoms with Crippen LogP contribution in [0.1, 0.15) is 48.0 Å². The Bertz CT molecular complexity index is 79.9. The van der Waals surface area contributed by atoms with E-state index in [2.05, 4.69) is 5.32 Å². The normalized spacial score (nSPS) is 7.33. The van der Waals surface area contributed by atoms with Gasteiger partial charge >= 0.3 is 0 Å². The van der Waals surface area contributed by atoms with Crippen LogP contribution in [0.3, 0.4) is 0 Å². The lowest BCUT2D eigenvalue weighted by molar-refractivity contribution is -0.121. The fraction of sp³-hybridized carbons (Fsp3) is 0.900. The number of rotatable bonds is 2. The molecule has 0 saturated heterocycles. The van der Waals surface area contributed by atoms with Crippen LogP contribution in [0, 0.1) is 5.92 Å². The molecule has 0 fully saturated rings. The van der Waals surface area contributed by atoms with Crippen molar-refractivity contribution >= 4 is 5.91 Å².